The van der Waals surface area contributed by atoms with Gasteiger partial charge in [-0.2, -0.15) is 0 Å². The van der Waals surface area contributed by atoms with Gasteiger partial charge in [-0.05, 0) is 42.5 Å². The molecule has 0 saturated heterocycles. The monoisotopic (exact) mass is 380 g/mol. The second-order valence-electron chi connectivity index (χ2n) is 4.91. The van der Waals surface area contributed by atoms with Gasteiger partial charge in [0.05, 0.1) is 15.7 Å². The molecule has 0 spiro atoms. The van der Waals surface area contributed by atoms with Crippen molar-refractivity contribution in [2.24, 2.45) is 0 Å². The van der Waals surface area contributed by atoms with Gasteiger partial charge >= 0.3 is 0 Å². The van der Waals surface area contributed by atoms with Crippen LogP contribution in [-0.4, -0.2) is 17.5 Å². The second-order valence-corrected chi connectivity index (χ2v) is 6.16. The van der Waals surface area contributed by atoms with E-state index in [1.807, 2.05) is 6.07 Å². The van der Waals surface area contributed by atoms with Crippen LogP contribution >= 0.6 is 34.8 Å². The van der Waals surface area contributed by atoms with Crippen molar-refractivity contribution in [3.63, 3.8) is 0 Å². The first-order valence-corrected chi connectivity index (χ1v) is 8.09. The van der Waals surface area contributed by atoms with Crippen molar-refractivity contribution < 1.29 is 9.53 Å². The van der Waals surface area contributed by atoms with Gasteiger partial charge < -0.3 is 10.1 Å². The third-order valence-electron chi connectivity index (χ3n) is 3.24. The molecule has 1 aromatic heterocycles. The second kappa shape index (κ2) is 7.26. The van der Waals surface area contributed by atoms with E-state index in [0.29, 0.717) is 32.0 Å². The minimum Gasteiger partial charge on any atom is -0.481 e. The summed E-state index contributed by atoms with van der Waals surface area (Å²) in [6.45, 7) is -0.188. The van der Waals surface area contributed by atoms with Crippen LogP contribution in [0, 0.1) is 0 Å². The van der Waals surface area contributed by atoms with E-state index in [9.17, 15) is 4.79 Å². The molecule has 0 fully saturated rings. The zero-order valence-corrected chi connectivity index (χ0v) is 14.5. The molecule has 2 aromatic carbocycles. The standard InChI is InChI=1S/C17H11Cl3N2O2/c18-10-3-5-14(13(20)8-10)22-16(23)9-24-15-6-4-12(19)11-2-1-7-21-17(11)15/h1-8H,9H2,(H,22,23). The van der Waals surface area contributed by atoms with Crippen LogP contribution in [0.1, 0.15) is 0 Å². The van der Waals surface area contributed by atoms with Crippen LogP contribution in [0.25, 0.3) is 10.9 Å². The Balaban J connectivity index is 1.72. The largest absolute Gasteiger partial charge is 0.481 e. The molecule has 0 atom stereocenters. The van der Waals surface area contributed by atoms with Gasteiger partial charge in [0.1, 0.15) is 11.3 Å². The Morgan fingerprint density at radius 1 is 1.08 bits per heavy atom. The topological polar surface area (TPSA) is 51.2 Å². The van der Waals surface area contributed by atoms with Crippen molar-refractivity contribution in [1.82, 2.24) is 4.98 Å². The van der Waals surface area contributed by atoms with E-state index in [2.05, 4.69) is 10.3 Å². The summed E-state index contributed by atoms with van der Waals surface area (Å²) in [6.07, 6.45) is 1.64. The minimum absolute atomic E-state index is 0.188. The number of amides is 1. The molecule has 24 heavy (non-hydrogen) atoms. The average molecular weight is 382 g/mol. The smallest absolute Gasteiger partial charge is 0.262 e. The number of ether oxygens (including phenoxy) is 1. The molecule has 7 heteroatoms. The SMILES string of the molecule is O=C(COc1ccc(Cl)c2cccnc12)Nc1ccc(Cl)cc1Cl. The number of nitrogens with one attached hydrogen (secondary N) is 1. The molecule has 0 saturated carbocycles. The highest BCUT2D eigenvalue weighted by atomic mass is 35.5. The number of anilines is 1. The summed E-state index contributed by atoms with van der Waals surface area (Å²) in [4.78, 5) is 16.3. The van der Waals surface area contributed by atoms with Gasteiger partial charge in [0, 0.05) is 16.6 Å². The maximum atomic E-state index is 12.1. The number of hydrogen-bond donors (Lipinski definition) is 1. The number of carbonyl (C=O) groups excluding carboxylic acids is 1. The number of pyridine rings is 1. The zero-order chi connectivity index (χ0) is 17.1. The fraction of sp³-hybridized carbons (Fsp3) is 0.0588. The lowest BCUT2D eigenvalue weighted by atomic mass is 10.2. The van der Waals surface area contributed by atoms with Crippen LogP contribution in [0.4, 0.5) is 5.69 Å². The molecule has 4 nitrogen and oxygen atoms in total. The van der Waals surface area contributed by atoms with Crippen LogP contribution in [0.5, 0.6) is 5.75 Å². The Kier molecular flexibility index (Phi) is 5.09. The van der Waals surface area contributed by atoms with Crippen molar-refractivity contribution in [3.05, 3.63) is 63.7 Å². The molecule has 1 amide bonds. The summed E-state index contributed by atoms with van der Waals surface area (Å²) in [7, 11) is 0. The number of benzene rings is 2. The summed E-state index contributed by atoms with van der Waals surface area (Å²) < 4.78 is 5.57. The molecule has 122 valence electrons. The van der Waals surface area contributed by atoms with E-state index < -0.39 is 0 Å². The highest BCUT2D eigenvalue weighted by Gasteiger charge is 2.10. The van der Waals surface area contributed by atoms with Crippen LogP contribution < -0.4 is 10.1 Å². The summed E-state index contributed by atoms with van der Waals surface area (Å²) in [6, 6.07) is 11.8. The number of carbonyl (C=O) groups is 1. The minimum atomic E-state index is -0.349. The van der Waals surface area contributed by atoms with Gasteiger partial charge in [0.25, 0.3) is 5.91 Å². The number of halogens is 3. The van der Waals surface area contributed by atoms with Crippen molar-refractivity contribution in [1.29, 1.82) is 0 Å². The van der Waals surface area contributed by atoms with Crippen LogP contribution in [-0.2, 0) is 4.79 Å². The van der Waals surface area contributed by atoms with Gasteiger partial charge in [0.15, 0.2) is 6.61 Å². The van der Waals surface area contributed by atoms with Crippen molar-refractivity contribution in [2.75, 3.05) is 11.9 Å². The van der Waals surface area contributed by atoms with Crippen LogP contribution in [0.15, 0.2) is 48.7 Å². The Hall–Kier alpha value is -2.01. The molecule has 0 aliphatic rings. The van der Waals surface area contributed by atoms with Crippen molar-refractivity contribution in [2.45, 2.75) is 0 Å². The fourth-order valence-corrected chi connectivity index (χ4v) is 2.82. The van der Waals surface area contributed by atoms with E-state index in [0.717, 1.165) is 5.39 Å². The third-order valence-corrected chi connectivity index (χ3v) is 4.12. The zero-order valence-electron chi connectivity index (χ0n) is 12.2. The average Bonchev–Trinajstić information content (AvgIpc) is 2.57. The van der Waals surface area contributed by atoms with E-state index in [1.165, 1.54) is 0 Å². The molecule has 3 aromatic rings. The van der Waals surface area contributed by atoms with Gasteiger partial charge in [-0.25, -0.2) is 0 Å². The summed E-state index contributed by atoms with van der Waals surface area (Å²) >= 11 is 18.0. The van der Waals surface area contributed by atoms with Gasteiger partial charge in [-0.1, -0.05) is 34.8 Å². The Bertz CT molecular complexity index is 915. The predicted molar refractivity (Wildman–Crippen MR) is 97.3 cm³/mol. The van der Waals surface area contributed by atoms with E-state index in [4.69, 9.17) is 39.5 Å². The van der Waals surface area contributed by atoms with Crippen LogP contribution in [0.3, 0.4) is 0 Å². The maximum Gasteiger partial charge on any atom is 0.262 e. The quantitative estimate of drug-likeness (QED) is 0.674. The lowest BCUT2D eigenvalue weighted by Crippen LogP contribution is -2.20. The highest BCUT2D eigenvalue weighted by Crippen LogP contribution is 2.30. The van der Waals surface area contributed by atoms with Gasteiger partial charge in [-0.3, -0.25) is 9.78 Å². The van der Waals surface area contributed by atoms with E-state index >= 15 is 0 Å². The predicted octanol–water partition coefficient (Wildman–Crippen LogP) is 5.21. The molecule has 0 aliphatic heterocycles. The molecule has 1 N–H and O–H groups in total. The molecular formula is C17H11Cl3N2O2. The molecule has 3 rings (SSSR count). The van der Waals surface area contributed by atoms with E-state index in [1.54, 1.807) is 42.6 Å². The van der Waals surface area contributed by atoms with Crippen molar-refractivity contribution in [3.8, 4) is 5.75 Å². The molecular weight excluding hydrogens is 371 g/mol. The summed E-state index contributed by atoms with van der Waals surface area (Å²) in [5.41, 5.74) is 1.07. The molecule has 0 radical (unpaired) electrons. The molecule has 0 aliphatic carbocycles. The first-order chi connectivity index (χ1) is 11.5. The van der Waals surface area contributed by atoms with Crippen LogP contribution in [0.2, 0.25) is 15.1 Å². The van der Waals surface area contributed by atoms with Crippen molar-refractivity contribution >= 4 is 57.3 Å². The Morgan fingerprint density at radius 3 is 2.71 bits per heavy atom. The first-order valence-electron chi connectivity index (χ1n) is 6.95. The lowest BCUT2D eigenvalue weighted by Gasteiger charge is -2.11. The van der Waals surface area contributed by atoms with Gasteiger partial charge in [0.2, 0.25) is 0 Å². The lowest BCUT2D eigenvalue weighted by molar-refractivity contribution is -0.118. The third kappa shape index (κ3) is 3.73. The molecule has 0 bridgehead atoms. The summed E-state index contributed by atoms with van der Waals surface area (Å²) in [5.74, 6) is 0.130. The Labute approximate surface area is 153 Å². The normalized spacial score (nSPS) is 10.6. The van der Waals surface area contributed by atoms with Gasteiger partial charge in [-0.15, -0.1) is 0 Å². The maximum absolute atomic E-state index is 12.1. The Morgan fingerprint density at radius 2 is 1.92 bits per heavy atom. The summed E-state index contributed by atoms with van der Waals surface area (Å²) in [5, 5.41) is 4.85. The number of hydrogen-bond acceptors (Lipinski definition) is 3. The number of rotatable bonds is 4. The highest BCUT2D eigenvalue weighted by molar-refractivity contribution is 6.36. The first kappa shape index (κ1) is 16.8. The molecule has 1 heterocycles. The molecule has 0 unspecified atom stereocenters. The number of aromatic nitrogens is 1. The fourth-order valence-electron chi connectivity index (χ4n) is 2.15. The number of fused-ring (bicyclic) bond motifs is 1. The number of nitrogens with zero attached hydrogens (tertiary/aromatic N) is 1. The van der Waals surface area contributed by atoms with E-state index in [-0.39, 0.29) is 12.5 Å².